The van der Waals surface area contributed by atoms with Crippen LogP contribution in [0, 0.1) is 11.6 Å². The molecule has 2 rings (SSSR count). The monoisotopic (exact) mass is 480 g/mol. The number of hydrogen-bond acceptors (Lipinski definition) is 2. The van der Waals surface area contributed by atoms with Gasteiger partial charge in [-0.2, -0.15) is 0 Å². The van der Waals surface area contributed by atoms with Gasteiger partial charge in [0.05, 0.1) is 0 Å². The second-order valence-electron chi connectivity index (χ2n) is 6.01. The van der Waals surface area contributed by atoms with E-state index in [1.54, 1.807) is 0 Å². The molecule has 0 aromatic heterocycles. The largest absolute Gasteiger partial charge is 0.357 e. The first-order valence-electron chi connectivity index (χ1n) is 8.84. The molecule has 1 heterocycles. The van der Waals surface area contributed by atoms with Gasteiger partial charge in [-0.3, -0.25) is 9.79 Å². The van der Waals surface area contributed by atoms with Crippen LogP contribution in [0.4, 0.5) is 8.78 Å². The lowest BCUT2D eigenvalue weighted by molar-refractivity contribution is -0.127. The minimum atomic E-state index is -0.437. The molecule has 26 heavy (non-hydrogen) atoms. The fourth-order valence-corrected chi connectivity index (χ4v) is 2.79. The molecule has 2 N–H and O–H groups in total. The maximum atomic E-state index is 13.6. The van der Waals surface area contributed by atoms with Gasteiger partial charge < -0.3 is 15.5 Å². The highest BCUT2D eigenvalue weighted by atomic mass is 127. The highest BCUT2D eigenvalue weighted by Gasteiger charge is 2.18. The normalized spacial score (nSPS) is 14.3. The van der Waals surface area contributed by atoms with Crippen LogP contribution >= 0.6 is 24.0 Å². The van der Waals surface area contributed by atoms with Crippen molar-refractivity contribution in [1.82, 2.24) is 15.5 Å². The number of aliphatic imine (C=N–C) groups is 1. The van der Waals surface area contributed by atoms with Crippen molar-refractivity contribution in [3.05, 3.63) is 35.4 Å². The van der Waals surface area contributed by atoms with E-state index in [-0.39, 0.29) is 29.9 Å². The number of halogens is 3. The Labute approximate surface area is 170 Å². The molecule has 1 saturated heterocycles. The van der Waals surface area contributed by atoms with Crippen LogP contribution in [0.1, 0.15) is 31.7 Å². The number of guanidine groups is 1. The summed E-state index contributed by atoms with van der Waals surface area (Å²) in [5, 5.41) is 6.24. The summed E-state index contributed by atoms with van der Waals surface area (Å²) in [7, 11) is 0. The van der Waals surface area contributed by atoms with E-state index in [0.29, 0.717) is 44.0 Å². The van der Waals surface area contributed by atoms with Crippen LogP contribution in [0.25, 0.3) is 0 Å². The van der Waals surface area contributed by atoms with Crippen LogP contribution in [0.3, 0.4) is 0 Å². The van der Waals surface area contributed by atoms with E-state index in [1.165, 1.54) is 6.07 Å². The summed E-state index contributed by atoms with van der Waals surface area (Å²) in [4.78, 5) is 17.9. The number of nitrogens with zero attached hydrogens (tertiary/aromatic N) is 2. The molecule has 8 heteroatoms. The Kier molecular flexibility index (Phi) is 10.5. The number of carbonyl (C=O) groups excluding carboxylic acids is 1. The Hall–Kier alpha value is -1.45. The van der Waals surface area contributed by atoms with Gasteiger partial charge in [0.15, 0.2) is 5.96 Å². The molecule has 0 saturated carbocycles. The van der Waals surface area contributed by atoms with E-state index >= 15 is 0 Å². The molecule has 0 spiro atoms. The Morgan fingerprint density at radius 3 is 2.81 bits per heavy atom. The van der Waals surface area contributed by atoms with E-state index in [1.807, 2.05) is 11.8 Å². The maximum absolute atomic E-state index is 13.6. The second kappa shape index (κ2) is 12.0. The molecule has 1 aliphatic heterocycles. The summed E-state index contributed by atoms with van der Waals surface area (Å²) >= 11 is 0. The third kappa shape index (κ3) is 7.43. The Bertz CT molecular complexity index is 613. The minimum absolute atomic E-state index is 0. The predicted molar refractivity (Wildman–Crippen MR) is 110 cm³/mol. The Morgan fingerprint density at radius 1 is 1.31 bits per heavy atom. The number of likely N-dealkylation sites (tertiary alicyclic amines) is 1. The summed E-state index contributed by atoms with van der Waals surface area (Å²) in [6.45, 7) is 5.32. The molecule has 1 aromatic carbocycles. The predicted octanol–water partition coefficient (Wildman–Crippen LogP) is 2.69. The van der Waals surface area contributed by atoms with E-state index in [2.05, 4.69) is 15.6 Å². The van der Waals surface area contributed by atoms with Crippen molar-refractivity contribution in [2.45, 2.75) is 32.6 Å². The lowest BCUT2D eigenvalue weighted by Gasteiger charge is -2.15. The smallest absolute Gasteiger partial charge is 0.222 e. The van der Waals surface area contributed by atoms with Gasteiger partial charge in [0.25, 0.3) is 0 Å². The number of benzene rings is 1. The highest BCUT2D eigenvalue weighted by Crippen LogP contribution is 2.10. The van der Waals surface area contributed by atoms with E-state index < -0.39 is 11.6 Å². The fraction of sp³-hybridized carbons (Fsp3) is 0.556. The fourth-order valence-electron chi connectivity index (χ4n) is 2.79. The average molecular weight is 480 g/mol. The molecule has 0 aliphatic carbocycles. The van der Waals surface area contributed by atoms with Crippen molar-refractivity contribution < 1.29 is 13.6 Å². The Balaban J connectivity index is 0.00000338. The first-order chi connectivity index (χ1) is 12.1. The molecular weight excluding hydrogens is 453 g/mol. The van der Waals surface area contributed by atoms with Gasteiger partial charge >= 0.3 is 0 Å². The standard InChI is InChI=1S/C18H26F2N4O.HI/c1-2-21-18(22-9-4-12-24-11-3-5-17(24)25)23-10-8-14-13-15(19)6-7-16(14)20;/h6-7,13H,2-5,8-12H2,1H3,(H2,21,22,23);1H. The summed E-state index contributed by atoms with van der Waals surface area (Å²) in [6.07, 6.45) is 2.78. The number of hydrogen-bond donors (Lipinski definition) is 2. The molecule has 5 nitrogen and oxygen atoms in total. The zero-order valence-corrected chi connectivity index (χ0v) is 17.4. The summed E-state index contributed by atoms with van der Waals surface area (Å²) in [6, 6.07) is 3.47. The molecule has 1 aliphatic rings. The van der Waals surface area contributed by atoms with Crippen LogP contribution < -0.4 is 10.6 Å². The first kappa shape index (κ1) is 22.6. The molecule has 0 unspecified atom stereocenters. The summed E-state index contributed by atoms with van der Waals surface area (Å²) < 4.78 is 26.8. The van der Waals surface area contributed by atoms with Crippen molar-refractivity contribution in [2.24, 2.45) is 4.99 Å². The molecular formula is C18H27F2IN4O. The molecule has 0 bridgehead atoms. The minimum Gasteiger partial charge on any atom is -0.357 e. The number of nitrogens with one attached hydrogen (secondary N) is 2. The number of rotatable bonds is 8. The quantitative estimate of drug-likeness (QED) is 0.261. The summed E-state index contributed by atoms with van der Waals surface area (Å²) in [5.74, 6) is 0.0343. The second-order valence-corrected chi connectivity index (χ2v) is 6.01. The summed E-state index contributed by atoms with van der Waals surface area (Å²) in [5.41, 5.74) is 0.343. The molecule has 0 atom stereocenters. The Morgan fingerprint density at radius 2 is 2.12 bits per heavy atom. The van der Waals surface area contributed by atoms with Crippen molar-refractivity contribution in [2.75, 3.05) is 32.7 Å². The third-order valence-corrected chi connectivity index (χ3v) is 4.07. The lowest BCUT2D eigenvalue weighted by Crippen LogP contribution is -2.38. The third-order valence-electron chi connectivity index (χ3n) is 4.07. The zero-order valence-electron chi connectivity index (χ0n) is 15.1. The molecule has 1 amide bonds. The molecule has 146 valence electrons. The van der Waals surface area contributed by atoms with Crippen molar-refractivity contribution >= 4 is 35.8 Å². The maximum Gasteiger partial charge on any atom is 0.222 e. The molecule has 1 fully saturated rings. The van der Waals surface area contributed by atoms with Crippen LogP contribution in [-0.2, 0) is 11.2 Å². The van der Waals surface area contributed by atoms with Crippen molar-refractivity contribution in [3.8, 4) is 0 Å². The van der Waals surface area contributed by atoms with Gasteiger partial charge in [-0.1, -0.05) is 0 Å². The topological polar surface area (TPSA) is 56.7 Å². The zero-order chi connectivity index (χ0) is 18.1. The highest BCUT2D eigenvalue weighted by molar-refractivity contribution is 14.0. The van der Waals surface area contributed by atoms with Crippen LogP contribution in [0.15, 0.2) is 23.2 Å². The van der Waals surface area contributed by atoms with E-state index in [0.717, 1.165) is 38.1 Å². The molecule has 1 aromatic rings. The van der Waals surface area contributed by atoms with Gasteiger partial charge in [-0.15, -0.1) is 24.0 Å². The van der Waals surface area contributed by atoms with E-state index in [9.17, 15) is 13.6 Å². The van der Waals surface area contributed by atoms with Gasteiger partial charge in [0.2, 0.25) is 5.91 Å². The van der Waals surface area contributed by atoms with Crippen LogP contribution in [0.5, 0.6) is 0 Å². The first-order valence-corrected chi connectivity index (χ1v) is 8.84. The van der Waals surface area contributed by atoms with Crippen molar-refractivity contribution in [3.63, 3.8) is 0 Å². The van der Waals surface area contributed by atoms with Gasteiger partial charge in [-0.25, -0.2) is 8.78 Å². The van der Waals surface area contributed by atoms with Crippen LogP contribution in [-0.4, -0.2) is 49.5 Å². The van der Waals surface area contributed by atoms with Crippen molar-refractivity contribution in [1.29, 1.82) is 0 Å². The van der Waals surface area contributed by atoms with E-state index in [4.69, 9.17) is 0 Å². The molecule has 0 radical (unpaired) electrons. The van der Waals surface area contributed by atoms with Gasteiger partial charge in [0.1, 0.15) is 11.6 Å². The lowest BCUT2D eigenvalue weighted by atomic mass is 10.1. The van der Waals surface area contributed by atoms with Crippen LogP contribution in [0.2, 0.25) is 0 Å². The number of carbonyl (C=O) groups is 1. The average Bonchev–Trinajstić information content (AvgIpc) is 2.99. The van der Waals surface area contributed by atoms with Gasteiger partial charge in [-0.05, 0) is 49.9 Å². The van der Waals surface area contributed by atoms with Gasteiger partial charge in [0, 0.05) is 39.1 Å². The SMILES string of the molecule is CCNC(=NCCCN1CCCC1=O)NCCc1cc(F)ccc1F.I. The number of amides is 1.